The van der Waals surface area contributed by atoms with E-state index < -0.39 is 41.6 Å². The summed E-state index contributed by atoms with van der Waals surface area (Å²) < 4.78 is 86.8. The second-order valence-electron chi connectivity index (χ2n) is 11.0. The van der Waals surface area contributed by atoms with E-state index in [1.807, 2.05) is 25.1 Å². The average Bonchev–Trinajstić information content (AvgIpc) is 3.31. The topological polar surface area (TPSA) is 53.1 Å². The van der Waals surface area contributed by atoms with Gasteiger partial charge >= 0.3 is 18.4 Å². The second kappa shape index (κ2) is 12.0. The van der Waals surface area contributed by atoms with E-state index >= 15 is 0 Å². The molecule has 0 spiro atoms. The van der Waals surface area contributed by atoms with Crippen molar-refractivity contribution in [2.45, 2.75) is 76.9 Å². The third-order valence-corrected chi connectivity index (χ3v) is 8.20. The van der Waals surface area contributed by atoms with Crippen molar-refractivity contribution in [1.82, 2.24) is 14.7 Å². The van der Waals surface area contributed by atoms with E-state index in [4.69, 9.17) is 4.74 Å². The van der Waals surface area contributed by atoms with E-state index in [0.717, 1.165) is 28.9 Å². The monoisotopic (exact) mass is 599 g/mol. The van der Waals surface area contributed by atoms with Crippen LogP contribution in [0.15, 0.2) is 36.4 Å². The van der Waals surface area contributed by atoms with Gasteiger partial charge in [-0.15, -0.1) is 0 Å². The Morgan fingerprint density at radius 2 is 1.69 bits per heavy atom. The molecule has 2 saturated heterocycles. The number of nitrogens with zero attached hydrogens (tertiary/aromatic N) is 3. The molecule has 0 bridgehead atoms. The number of amides is 3. The molecule has 2 fully saturated rings. The summed E-state index contributed by atoms with van der Waals surface area (Å²) in [7, 11) is 1.36. The molecule has 2 aliphatic rings. The first-order valence-electron chi connectivity index (χ1n) is 14.0. The van der Waals surface area contributed by atoms with Crippen molar-refractivity contribution in [3.05, 3.63) is 64.2 Å². The lowest BCUT2D eigenvalue weighted by Crippen LogP contribution is -2.57. The zero-order chi connectivity index (χ0) is 31.0. The van der Waals surface area contributed by atoms with Crippen molar-refractivity contribution in [2.24, 2.45) is 0 Å². The van der Waals surface area contributed by atoms with Crippen LogP contribution in [0.5, 0.6) is 5.75 Å². The number of benzene rings is 2. The van der Waals surface area contributed by atoms with E-state index in [1.54, 1.807) is 9.80 Å². The number of piperazine rings is 1. The van der Waals surface area contributed by atoms with Gasteiger partial charge in [0.25, 0.3) is 0 Å². The highest BCUT2D eigenvalue weighted by molar-refractivity contribution is 5.81. The van der Waals surface area contributed by atoms with Crippen LogP contribution in [0.1, 0.15) is 79.4 Å². The highest BCUT2D eigenvalue weighted by Crippen LogP contribution is 2.42. The van der Waals surface area contributed by atoms with Gasteiger partial charge in [0, 0.05) is 26.6 Å². The SMILES string of the molecule is CCCCOc1ccc([C@H]2[C@@H]3CCC(=O)N3CCN2C(=O)N(C)[C@H](C)c2cc(C(F)(F)F)cc(C(F)(F)F)c2)c(C)c1. The molecule has 2 aromatic carbocycles. The summed E-state index contributed by atoms with van der Waals surface area (Å²) in [6.07, 6.45) is -7.28. The average molecular weight is 600 g/mol. The lowest BCUT2D eigenvalue weighted by atomic mass is 9.90. The van der Waals surface area contributed by atoms with Gasteiger partial charge in [0.05, 0.1) is 35.9 Å². The van der Waals surface area contributed by atoms with Crippen molar-refractivity contribution < 1.29 is 40.7 Å². The van der Waals surface area contributed by atoms with Gasteiger partial charge in [-0.3, -0.25) is 4.79 Å². The van der Waals surface area contributed by atoms with Crippen LogP contribution in [0.2, 0.25) is 0 Å². The Labute approximate surface area is 241 Å². The minimum absolute atomic E-state index is 0.0142. The van der Waals surface area contributed by atoms with Crippen LogP contribution in [0.3, 0.4) is 0 Å². The number of unbranched alkanes of at least 4 members (excludes halogenated alkanes) is 1. The van der Waals surface area contributed by atoms with Gasteiger partial charge in [0.1, 0.15) is 5.75 Å². The quantitative estimate of drug-likeness (QED) is 0.247. The van der Waals surface area contributed by atoms with Crippen molar-refractivity contribution in [1.29, 1.82) is 0 Å². The summed E-state index contributed by atoms with van der Waals surface area (Å²) in [6, 6.07) is 4.38. The van der Waals surface area contributed by atoms with E-state index in [1.165, 1.54) is 14.0 Å². The summed E-state index contributed by atoms with van der Waals surface area (Å²) >= 11 is 0. The zero-order valence-corrected chi connectivity index (χ0v) is 24.0. The summed E-state index contributed by atoms with van der Waals surface area (Å²) in [5, 5.41) is 0. The van der Waals surface area contributed by atoms with E-state index in [0.29, 0.717) is 37.3 Å². The molecule has 2 aromatic rings. The normalized spacial score (nSPS) is 20.0. The van der Waals surface area contributed by atoms with Gasteiger partial charge in [-0.05, 0) is 73.7 Å². The van der Waals surface area contributed by atoms with E-state index in [-0.39, 0.29) is 36.7 Å². The molecular formula is C30H35F6N3O3. The molecule has 42 heavy (non-hydrogen) atoms. The summed E-state index contributed by atoms with van der Waals surface area (Å²) in [5.74, 6) is 0.660. The smallest absolute Gasteiger partial charge is 0.416 e. The Morgan fingerprint density at radius 3 is 2.26 bits per heavy atom. The maximum Gasteiger partial charge on any atom is 0.416 e. The van der Waals surface area contributed by atoms with Gasteiger partial charge in [-0.2, -0.15) is 26.3 Å². The van der Waals surface area contributed by atoms with Crippen molar-refractivity contribution in [3.63, 3.8) is 0 Å². The Kier molecular flexibility index (Phi) is 9.03. The molecule has 3 amide bonds. The third kappa shape index (κ3) is 6.47. The molecule has 0 N–H and O–H groups in total. The number of carbonyl (C=O) groups is 2. The van der Waals surface area contributed by atoms with Crippen molar-refractivity contribution in [2.75, 3.05) is 26.7 Å². The third-order valence-electron chi connectivity index (χ3n) is 8.20. The second-order valence-corrected chi connectivity index (χ2v) is 11.0. The van der Waals surface area contributed by atoms with E-state index in [2.05, 4.69) is 6.92 Å². The molecule has 2 aliphatic heterocycles. The number of hydrogen-bond acceptors (Lipinski definition) is 3. The molecule has 0 unspecified atom stereocenters. The molecule has 0 radical (unpaired) electrons. The van der Waals surface area contributed by atoms with Crippen molar-refractivity contribution >= 4 is 11.9 Å². The van der Waals surface area contributed by atoms with Crippen LogP contribution in [0, 0.1) is 6.92 Å². The maximum atomic E-state index is 14.0. The number of carbonyl (C=O) groups excluding carboxylic acids is 2. The number of aryl methyl sites for hydroxylation is 1. The first-order chi connectivity index (χ1) is 19.6. The summed E-state index contributed by atoms with van der Waals surface area (Å²) in [4.78, 5) is 31.1. The molecule has 4 rings (SSSR count). The predicted octanol–water partition coefficient (Wildman–Crippen LogP) is 7.37. The number of rotatable bonds is 7. The predicted molar refractivity (Wildman–Crippen MR) is 144 cm³/mol. The number of urea groups is 1. The minimum Gasteiger partial charge on any atom is -0.494 e. The van der Waals surface area contributed by atoms with Gasteiger partial charge in [-0.1, -0.05) is 19.4 Å². The summed E-state index contributed by atoms with van der Waals surface area (Å²) in [5.41, 5.74) is -1.52. The number of fused-ring (bicyclic) bond motifs is 1. The van der Waals surface area contributed by atoms with Gasteiger partial charge < -0.3 is 19.4 Å². The fourth-order valence-corrected chi connectivity index (χ4v) is 5.74. The zero-order valence-electron chi connectivity index (χ0n) is 24.0. The lowest BCUT2D eigenvalue weighted by molar-refractivity contribution is -0.143. The maximum absolute atomic E-state index is 14.0. The van der Waals surface area contributed by atoms with Crippen LogP contribution >= 0.6 is 0 Å². The van der Waals surface area contributed by atoms with Gasteiger partial charge in [0.15, 0.2) is 0 Å². The van der Waals surface area contributed by atoms with Gasteiger partial charge in [-0.25, -0.2) is 4.79 Å². The first-order valence-corrected chi connectivity index (χ1v) is 14.0. The molecule has 0 aliphatic carbocycles. The molecule has 2 heterocycles. The standard InChI is InChI=1S/C30H35F6N3O3/c1-5-6-13-42-23-7-8-24(18(2)14-23)27-25-9-10-26(40)38(25)11-12-39(27)28(41)37(4)19(3)20-15-21(29(31,32)33)17-22(16-20)30(34,35)36/h7-8,14-17,19,25,27H,5-6,9-13H2,1-4H3/t19-,25+,27+/m1/s1. The highest BCUT2D eigenvalue weighted by atomic mass is 19.4. The Morgan fingerprint density at radius 1 is 1.05 bits per heavy atom. The van der Waals surface area contributed by atoms with Crippen LogP contribution < -0.4 is 4.74 Å². The van der Waals surface area contributed by atoms with Crippen LogP contribution in [0.4, 0.5) is 31.1 Å². The lowest BCUT2D eigenvalue weighted by Gasteiger charge is -2.47. The Bertz CT molecular complexity index is 1280. The fraction of sp³-hybridized carbons (Fsp3) is 0.533. The molecule has 12 heteroatoms. The molecule has 230 valence electrons. The molecular weight excluding hydrogens is 564 g/mol. The first kappa shape index (κ1) is 31.5. The minimum atomic E-state index is -5.00. The number of halogens is 6. The molecule has 6 nitrogen and oxygen atoms in total. The Balaban J connectivity index is 1.67. The number of ether oxygens (including phenoxy) is 1. The fourth-order valence-electron chi connectivity index (χ4n) is 5.74. The molecule has 3 atom stereocenters. The van der Waals surface area contributed by atoms with E-state index in [9.17, 15) is 35.9 Å². The Hall–Kier alpha value is -3.44. The number of alkyl halides is 6. The largest absolute Gasteiger partial charge is 0.494 e. The van der Waals surface area contributed by atoms with Gasteiger partial charge in [0.2, 0.25) is 5.91 Å². The molecule has 0 saturated carbocycles. The van der Waals surface area contributed by atoms with Crippen molar-refractivity contribution in [3.8, 4) is 5.75 Å². The number of hydrogen-bond donors (Lipinski definition) is 0. The summed E-state index contributed by atoms with van der Waals surface area (Å²) in [6.45, 7) is 6.34. The van der Waals surface area contributed by atoms with Crippen LogP contribution in [-0.4, -0.2) is 59.4 Å². The van der Waals surface area contributed by atoms with Crippen LogP contribution in [0.25, 0.3) is 0 Å². The molecule has 0 aromatic heterocycles. The highest BCUT2D eigenvalue weighted by Gasteiger charge is 2.46. The van der Waals surface area contributed by atoms with Crippen LogP contribution in [-0.2, 0) is 17.1 Å².